The van der Waals surface area contributed by atoms with E-state index in [4.69, 9.17) is 0 Å². The van der Waals surface area contributed by atoms with Crippen LogP contribution in [-0.2, 0) is 17.9 Å². The Morgan fingerprint density at radius 3 is 2.82 bits per heavy atom. The second-order valence-electron chi connectivity index (χ2n) is 5.54. The minimum Gasteiger partial charge on any atom is -0.337 e. The number of halogens is 1. The van der Waals surface area contributed by atoms with Crippen molar-refractivity contribution in [2.75, 3.05) is 6.54 Å². The Kier molecular flexibility index (Phi) is 4.44. The summed E-state index contributed by atoms with van der Waals surface area (Å²) in [6.45, 7) is 1.83. The van der Waals surface area contributed by atoms with E-state index in [1.165, 1.54) is 12.1 Å². The first kappa shape index (κ1) is 14.7. The van der Waals surface area contributed by atoms with E-state index in [2.05, 4.69) is 10.3 Å². The zero-order chi connectivity index (χ0) is 15.4. The lowest BCUT2D eigenvalue weighted by Gasteiger charge is -2.17. The van der Waals surface area contributed by atoms with E-state index < -0.39 is 0 Å². The molecule has 0 radical (unpaired) electrons. The maximum absolute atomic E-state index is 13.2. The summed E-state index contributed by atoms with van der Waals surface area (Å²) in [7, 11) is 0. The summed E-state index contributed by atoms with van der Waals surface area (Å²) in [6.07, 6.45) is 4.00. The quantitative estimate of drug-likeness (QED) is 0.920. The molecule has 1 saturated heterocycles. The molecule has 2 heterocycles. The first-order chi connectivity index (χ1) is 10.7. The molecule has 1 aromatic heterocycles. The van der Waals surface area contributed by atoms with Crippen molar-refractivity contribution >= 4 is 5.91 Å². The highest BCUT2D eigenvalue weighted by atomic mass is 19.1. The molecule has 22 heavy (non-hydrogen) atoms. The minimum absolute atomic E-state index is 0.108. The molecule has 1 aliphatic rings. The van der Waals surface area contributed by atoms with Crippen molar-refractivity contribution in [3.63, 3.8) is 0 Å². The van der Waals surface area contributed by atoms with Crippen LogP contribution in [0.3, 0.4) is 0 Å². The van der Waals surface area contributed by atoms with E-state index in [0.29, 0.717) is 26.1 Å². The molecule has 2 aromatic rings. The highest BCUT2D eigenvalue weighted by Crippen LogP contribution is 2.16. The molecule has 114 valence electrons. The van der Waals surface area contributed by atoms with Crippen molar-refractivity contribution in [2.45, 2.75) is 25.6 Å². The highest BCUT2D eigenvalue weighted by molar-refractivity contribution is 5.79. The van der Waals surface area contributed by atoms with Gasteiger partial charge in [0.05, 0.1) is 0 Å². The fourth-order valence-corrected chi connectivity index (χ4v) is 2.68. The van der Waals surface area contributed by atoms with Crippen molar-refractivity contribution in [1.29, 1.82) is 0 Å². The van der Waals surface area contributed by atoms with Gasteiger partial charge in [0.2, 0.25) is 5.91 Å². The summed E-state index contributed by atoms with van der Waals surface area (Å²) in [5.41, 5.74) is 1.97. The van der Waals surface area contributed by atoms with Gasteiger partial charge in [0.1, 0.15) is 5.82 Å². The molecule has 1 atom stereocenters. The van der Waals surface area contributed by atoms with Gasteiger partial charge < -0.3 is 10.2 Å². The molecule has 4 nitrogen and oxygen atoms in total. The molecule has 0 spiro atoms. The van der Waals surface area contributed by atoms with Crippen LogP contribution >= 0.6 is 0 Å². The molecule has 0 saturated carbocycles. The second-order valence-corrected chi connectivity index (χ2v) is 5.54. The number of carbonyl (C=O) groups is 1. The number of nitrogens with one attached hydrogen (secondary N) is 1. The third-order valence-corrected chi connectivity index (χ3v) is 3.82. The summed E-state index contributed by atoms with van der Waals surface area (Å²) in [5.74, 6) is -0.159. The Morgan fingerprint density at radius 2 is 2.05 bits per heavy atom. The van der Waals surface area contributed by atoms with Gasteiger partial charge in [-0.1, -0.05) is 12.1 Å². The number of pyridine rings is 1. The van der Waals surface area contributed by atoms with Gasteiger partial charge in [-0.2, -0.15) is 0 Å². The number of rotatable bonds is 5. The van der Waals surface area contributed by atoms with Gasteiger partial charge in [0.15, 0.2) is 0 Å². The fourth-order valence-electron chi connectivity index (χ4n) is 2.68. The average molecular weight is 299 g/mol. The van der Waals surface area contributed by atoms with Crippen molar-refractivity contribution in [3.05, 3.63) is 65.7 Å². The molecule has 1 N–H and O–H groups in total. The summed E-state index contributed by atoms with van der Waals surface area (Å²) in [6, 6.07) is 10.4. The number of hydrogen-bond donors (Lipinski definition) is 1. The predicted octanol–water partition coefficient (Wildman–Crippen LogP) is 2.11. The molecule has 1 aliphatic heterocycles. The van der Waals surface area contributed by atoms with Crippen LogP contribution in [-0.4, -0.2) is 28.4 Å². The Morgan fingerprint density at radius 1 is 1.23 bits per heavy atom. The van der Waals surface area contributed by atoms with Crippen LogP contribution < -0.4 is 5.32 Å². The molecular weight excluding hydrogens is 281 g/mol. The van der Waals surface area contributed by atoms with Gasteiger partial charge in [-0.15, -0.1) is 0 Å². The van der Waals surface area contributed by atoms with Crippen LogP contribution in [0.1, 0.15) is 17.5 Å². The van der Waals surface area contributed by atoms with E-state index in [1.807, 2.05) is 18.2 Å². The van der Waals surface area contributed by atoms with E-state index in [-0.39, 0.29) is 17.8 Å². The second kappa shape index (κ2) is 6.66. The van der Waals surface area contributed by atoms with Crippen LogP contribution in [0.5, 0.6) is 0 Å². The van der Waals surface area contributed by atoms with Crippen LogP contribution in [0.15, 0.2) is 48.8 Å². The van der Waals surface area contributed by atoms with Gasteiger partial charge in [-0.05, 0) is 35.4 Å². The number of benzene rings is 1. The Bertz CT molecular complexity index is 647. The first-order valence-corrected chi connectivity index (χ1v) is 7.35. The number of carbonyl (C=O) groups excluding carboxylic acids is 1. The number of aromatic nitrogens is 1. The first-order valence-electron chi connectivity index (χ1n) is 7.35. The molecule has 1 fully saturated rings. The van der Waals surface area contributed by atoms with Crippen molar-refractivity contribution in [1.82, 2.24) is 15.2 Å². The number of hydrogen-bond acceptors (Lipinski definition) is 3. The zero-order valence-electron chi connectivity index (χ0n) is 12.2. The molecule has 3 rings (SSSR count). The third-order valence-electron chi connectivity index (χ3n) is 3.82. The highest BCUT2D eigenvalue weighted by Gasteiger charge is 2.29. The van der Waals surface area contributed by atoms with Gasteiger partial charge in [-0.25, -0.2) is 4.39 Å². The molecule has 1 amide bonds. The van der Waals surface area contributed by atoms with Crippen LogP contribution in [0.2, 0.25) is 0 Å². The van der Waals surface area contributed by atoms with Gasteiger partial charge in [0, 0.05) is 44.5 Å². The Labute approximate surface area is 129 Å². The Balaban J connectivity index is 1.54. The standard InChI is InChI=1S/C17H18FN3O/c18-15-3-1-2-14(8-15)11-21-12-16(9-17(21)22)20-10-13-4-6-19-7-5-13/h1-8,16,20H,9-12H2. The lowest BCUT2D eigenvalue weighted by Crippen LogP contribution is -2.32. The topological polar surface area (TPSA) is 45.2 Å². The van der Waals surface area contributed by atoms with E-state index in [9.17, 15) is 9.18 Å². The molecular formula is C17H18FN3O. The maximum atomic E-state index is 13.2. The normalized spacial score (nSPS) is 18.0. The fraction of sp³-hybridized carbons (Fsp3) is 0.294. The van der Waals surface area contributed by atoms with E-state index >= 15 is 0 Å². The van der Waals surface area contributed by atoms with Crippen LogP contribution in [0.25, 0.3) is 0 Å². The van der Waals surface area contributed by atoms with E-state index in [1.54, 1.807) is 23.4 Å². The van der Waals surface area contributed by atoms with Crippen molar-refractivity contribution in [2.24, 2.45) is 0 Å². The third kappa shape index (κ3) is 3.68. The van der Waals surface area contributed by atoms with E-state index in [0.717, 1.165) is 11.1 Å². The maximum Gasteiger partial charge on any atom is 0.224 e. The molecule has 1 aromatic carbocycles. The summed E-state index contributed by atoms with van der Waals surface area (Å²) >= 11 is 0. The monoisotopic (exact) mass is 299 g/mol. The van der Waals surface area contributed by atoms with Gasteiger partial charge >= 0.3 is 0 Å². The summed E-state index contributed by atoms with van der Waals surface area (Å²) < 4.78 is 13.2. The Hall–Kier alpha value is -2.27. The predicted molar refractivity (Wildman–Crippen MR) is 81.3 cm³/mol. The smallest absolute Gasteiger partial charge is 0.224 e. The lowest BCUT2D eigenvalue weighted by molar-refractivity contribution is -0.128. The number of likely N-dealkylation sites (tertiary alicyclic amines) is 1. The largest absolute Gasteiger partial charge is 0.337 e. The van der Waals surface area contributed by atoms with Crippen LogP contribution in [0.4, 0.5) is 4.39 Å². The molecule has 0 bridgehead atoms. The lowest BCUT2D eigenvalue weighted by atomic mass is 10.2. The average Bonchev–Trinajstić information content (AvgIpc) is 2.86. The van der Waals surface area contributed by atoms with Gasteiger partial charge in [0.25, 0.3) is 0 Å². The SMILES string of the molecule is O=C1CC(NCc2ccncc2)CN1Cc1cccc(F)c1. The minimum atomic E-state index is -0.267. The van der Waals surface area contributed by atoms with Gasteiger partial charge in [-0.3, -0.25) is 9.78 Å². The van der Waals surface area contributed by atoms with Crippen molar-refractivity contribution < 1.29 is 9.18 Å². The molecule has 0 aliphatic carbocycles. The molecule has 5 heteroatoms. The molecule has 1 unspecified atom stereocenters. The summed E-state index contributed by atoms with van der Waals surface area (Å²) in [5, 5.41) is 3.39. The zero-order valence-corrected chi connectivity index (χ0v) is 12.2. The number of nitrogens with zero attached hydrogens (tertiary/aromatic N) is 2. The summed E-state index contributed by atoms with van der Waals surface area (Å²) in [4.78, 5) is 17.8. The van der Waals surface area contributed by atoms with Crippen molar-refractivity contribution in [3.8, 4) is 0 Å². The number of amides is 1. The van der Waals surface area contributed by atoms with Crippen LogP contribution in [0, 0.1) is 5.82 Å².